The fraction of sp³-hybridized carbons (Fsp3) is 0.467. The summed E-state index contributed by atoms with van der Waals surface area (Å²) in [5.74, 6) is -1.08. The van der Waals surface area contributed by atoms with Crippen molar-refractivity contribution in [1.82, 2.24) is 5.32 Å². The molecule has 1 aromatic carbocycles. The van der Waals surface area contributed by atoms with Crippen LogP contribution in [0.1, 0.15) is 30.6 Å². The number of nitrogens with zero attached hydrogens (tertiary/aromatic N) is 1. The molecule has 5 nitrogen and oxygen atoms in total. The number of aliphatic carboxylic acids is 1. The summed E-state index contributed by atoms with van der Waals surface area (Å²) < 4.78 is 0. The smallest absolute Gasteiger partial charge is 0.305 e. The van der Waals surface area contributed by atoms with Gasteiger partial charge in [-0.1, -0.05) is 13.8 Å². The number of anilines is 1. The average Bonchev–Trinajstić information content (AvgIpc) is 2.37. The summed E-state index contributed by atoms with van der Waals surface area (Å²) in [6, 6.07) is 6.83. The van der Waals surface area contributed by atoms with Crippen molar-refractivity contribution in [3.8, 4) is 0 Å². The predicted octanol–water partition coefficient (Wildman–Crippen LogP) is 1.98. The second kappa shape index (κ2) is 6.93. The molecule has 0 spiro atoms. The lowest BCUT2D eigenvalue weighted by Crippen LogP contribution is -2.40. The van der Waals surface area contributed by atoms with Crippen LogP contribution in [-0.2, 0) is 4.79 Å². The monoisotopic (exact) mass is 278 g/mol. The third kappa shape index (κ3) is 4.57. The highest BCUT2D eigenvalue weighted by molar-refractivity contribution is 5.95. The number of carboxylic acids is 1. The number of hydrogen-bond donors (Lipinski definition) is 2. The maximum atomic E-state index is 12.1. The number of benzene rings is 1. The van der Waals surface area contributed by atoms with Crippen LogP contribution in [0.25, 0.3) is 0 Å². The number of hydrogen-bond acceptors (Lipinski definition) is 3. The van der Waals surface area contributed by atoms with Crippen molar-refractivity contribution < 1.29 is 14.7 Å². The van der Waals surface area contributed by atoms with Gasteiger partial charge >= 0.3 is 5.97 Å². The van der Waals surface area contributed by atoms with E-state index in [1.54, 1.807) is 12.1 Å². The molecule has 0 aromatic heterocycles. The molecule has 0 fully saturated rings. The predicted molar refractivity (Wildman–Crippen MR) is 79.1 cm³/mol. The molecule has 1 amide bonds. The van der Waals surface area contributed by atoms with Gasteiger partial charge in [0.15, 0.2) is 0 Å². The summed E-state index contributed by atoms with van der Waals surface area (Å²) in [5, 5.41) is 11.6. The van der Waals surface area contributed by atoms with Crippen molar-refractivity contribution in [3.63, 3.8) is 0 Å². The van der Waals surface area contributed by atoms with Crippen LogP contribution in [0.4, 0.5) is 5.69 Å². The highest BCUT2D eigenvalue weighted by Crippen LogP contribution is 2.13. The van der Waals surface area contributed by atoms with Crippen molar-refractivity contribution >= 4 is 17.6 Å². The van der Waals surface area contributed by atoms with Gasteiger partial charge in [-0.3, -0.25) is 9.59 Å². The molecule has 0 heterocycles. The highest BCUT2D eigenvalue weighted by atomic mass is 16.4. The van der Waals surface area contributed by atoms with Gasteiger partial charge in [0, 0.05) is 31.4 Å². The van der Waals surface area contributed by atoms with E-state index in [4.69, 9.17) is 5.11 Å². The lowest BCUT2D eigenvalue weighted by Gasteiger charge is -2.21. The van der Waals surface area contributed by atoms with Gasteiger partial charge in [0.05, 0.1) is 6.42 Å². The fourth-order valence-electron chi connectivity index (χ4n) is 1.80. The Morgan fingerprint density at radius 3 is 2.15 bits per heavy atom. The van der Waals surface area contributed by atoms with E-state index in [1.165, 1.54) is 0 Å². The topological polar surface area (TPSA) is 69.6 Å². The van der Waals surface area contributed by atoms with Crippen LogP contribution in [0.3, 0.4) is 0 Å². The van der Waals surface area contributed by atoms with E-state index < -0.39 is 5.97 Å². The molecule has 0 radical (unpaired) electrons. The number of nitrogens with one attached hydrogen (secondary N) is 1. The van der Waals surface area contributed by atoms with Crippen LogP contribution in [-0.4, -0.2) is 37.1 Å². The summed E-state index contributed by atoms with van der Waals surface area (Å²) in [6.45, 7) is 3.78. The number of carboxylic acid groups (broad SMARTS) is 1. The molecule has 5 heteroatoms. The van der Waals surface area contributed by atoms with E-state index in [1.807, 2.05) is 45.0 Å². The second-order valence-electron chi connectivity index (χ2n) is 5.36. The Morgan fingerprint density at radius 1 is 1.20 bits per heavy atom. The Labute approximate surface area is 119 Å². The second-order valence-corrected chi connectivity index (χ2v) is 5.36. The zero-order chi connectivity index (χ0) is 15.3. The molecule has 1 unspecified atom stereocenters. The molecule has 2 N–H and O–H groups in total. The third-order valence-corrected chi connectivity index (χ3v) is 3.16. The van der Waals surface area contributed by atoms with Gasteiger partial charge in [-0.05, 0) is 30.2 Å². The molecule has 0 saturated heterocycles. The molecule has 0 aliphatic rings. The maximum Gasteiger partial charge on any atom is 0.305 e. The first-order chi connectivity index (χ1) is 9.31. The van der Waals surface area contributed by atoms with Crippen molar-refractivity contribution in [2.24, 2.45) is 5.92 Å². The van der Waals surface area contributed by atoms with Crippen LogP contribution in [0.15, 0.2) is 24.3 Å². The maximum absolute atomic E-state index is 12.1. The van der Waals surface area contributed by atoms with Crippen molar-refractivity contribution in [1.29, 1.82) is 0 Å². The van der Waals surface area contributed by atoms with E-state index in [2.05, 4.69) is 5.32 Å². The molecule has 0 aliphatic heterocycles. The van der Waals surface area contributed by atoms with Crippen molar-refractivity contribution in [2.45, 2.75) is 26.3 Å². The quantitative estimate of drug-likeness (QED) is 0.835. The Morgan fingerprint density at radius 2 is 1.75 bits per heavy atom. The summed E-state index contributed by atoms with van der Waals surface area (Å²) in [6.07, 6.45) is -0.0702. The minimum atomic E-state index is -0.910. The van der Waals surface area contributed by atoms with Crippen LogP contribution in [0, 0.1) is 5.92 Å². The standard InChI is InChI=1S/C15H22N2O3/c1-10(2)13(9-14(18)19)16-15(20)11-5-7-12(8-6-11)17(3)4/h5-8,10,13H,9H2,1-4H3,(H,16,20)(H,18,19). The molecule has 0 saturated carbocycles. The van der Waals surface area contributed by atoms with Gasteiger partial charge in [0.25, 0.3) is 5.91 Å². The van der Waals surface area contributed by atoms with Crippen LogP contribution < -0.4 is 10.2 Å². The summed E-state index contributed by atoms with van der Waals surface area (Å²) in [7, 11) is 3.85. The summed E-state index contributed by atoms with van der Waals surface area (Å²) >= 11 is 0. The number of carbonyl (C=O) groups is 2. The van der Waals surface area contributed by atoms with E-state index >= 15 is 0 Å². The van der Waals surface area contributed by atoms with Crippen LogP contribution in [0.2, 0.25) is 0 Å². The van der Waals surface area contributed by atoms with Crippen LogP contribution in [0.5, 0.6) is 0 Å². The third-order valence-electron chi connectivity index (χ3n) is 3.16. The molecule has 0 aliphatic carbocycles. The van der Waals surface area contributed by atoms with Gasteiger partial charge in [-0.2, -0.15) is 0 Å². The Balaban J connectivity index is 2.75. The fourth-order valence-corrected chi connectivity index (χ4v) is 1.80. The van der Waals surface area contributed by atoms with Crippen molar-refractivity contribution in [2.75, 3.05) is 19.0 Å². The molecular weight excluding hydrogens is 256 g/mol. The van der Waals surface area contributed by atoms with Gasteiger partial charge in [-0.25, -0.2) is 0 Å². The summed E-state index contributed by atoms with van der Waals surface area (Å²) in [4.78, 5) is 24.8. The molecule has 20 heavy (non-hydrogen) atoms. The molecular formula is C15H22N2O3. The Bertz CT molecular complexity index is 467. The Kier molecular flexibility index (Phi) is 5.55. The lowest BCUT2D eigenvalue weighted by molar-refractivity contribution is -0.137. The zero-order valence-electron chi connectivity index (χ0n) is 12.4. The number of carbonyl (C=O) groups excluding carboxylic acids is 1. The molecule has 1 aromatic rings. The van der Waals surface area contributed by atoms with E-state index in [0.717, 1.165) is 5.69 Å². The van der Waals surface area contributed by atoms with Crippen LogP contribution >= 0.6 is 0 Å². The summed E-state index contributed by atoms with van der Waals surface area (Å²) in [5.41, 5.74) is 1.54. The largest absolute Gasteiger partial charge is 0.481 e. The Hall–Kier alpha value is -2.04. The SMILES string of the molecule is CC(C)C(CC(=O)O)NC(=O)c1ccc(N(C)C)cc1. The minimum Gasteiger partial charge on any atom is -0.481 e. The molecule has 110 valence electrons. The van der Waals surface area contributed by atoms with Gasteiger partial charge < -0.3 is 15.3 Å². The first-order valence-corrected chi connectivity index (χ1v) is 6.61. The van der Waals surface area contributed by atoms with Gasteiger partial charge in [0.2, 0.25) is 0 Å². The number of amides is 1. The van der Waals surface area contributed by atoms with E-state index in [0.29, 0.717) is 5.56 Å². The molecule has 0 bridgehead atoms. The van der Waals surface area contributed by atoms with Gasteiger partial charge in [0.1, 0.15) is 0 Å². The first kappa shape index (κ1) is 16.0. The van der Waals surface area contributed by atoms with E-state index in [9.17, 15) is 9.59 Å². The normalized spacial score (nSPS) is 12.1. The number of rotatable bonds is 6. The lowest BCUT2D eigenvalue weighted by atomic mass is 10.0. The average molecular weight is 278 g/mol. The van der Waals surface area contributed by atoms with E-state index in [-0.39, 0.29) is 24.3 Å². The zero-order valence-corrected chi connectivity index (χ0v) is 12.4. The van der Waals surface area contributed by atoms with Gasteiger partial charge in [-0.15, -0.1) is 0 Å². The van der Waals surface area contributed by atoms with Crippen molar-refractivity contribution in [3.05, 3.63) is 29.8 Å². The molecule has 1 atom stereocenters. The highest BCUT2D eigenvalue weighted by Gasteiger charge is 2.20. The molecule has 1 rings (SSSR count). The minimum absolute atomic E-state index is 0.0658. The first-order valence-electron chi connectivity index (χ1n) is 6.61.